The summed E-state index contributed by atoms with van der Waals surface area (Å²) >= 11 is 0. The van der Waals surface area contributed by atoms with E-state index >= 15 is 0 Å². The SMILES string of the molecule is Cc1ccccc1CC1(C)/C(=C/C=C/C(=O)c2ccccn2)N(C)c2ccc3ccccc3c21. The Balaban J connectivity index is 1.63. The number of anilines is 1. The van der Waals surface area contributed by atoms with Crippen molar-refractivity contribution < 1.29 is 4.79 Å². The van der Waals surface area contributed by atoms with E-state index in [0.717, 1.165) is 6.42 Å². The Morgan fingerprint density at radius 3 is 2.53 bits per heavy atom. The van der Waals surface area contributed by atoms with Gasteiger partial charge in [-0.05, 0) is 78.1 Å². The van der Waals surface area contributed by atoms with E-state index in [4.69, 9.17) is 0 Å². The zero-order chi connectivity index (χ0) is 23.7. The molecule has 1 aliphatic rings. The number of benzene rings is 3. The van der Waals surface area contributed by atoms with Gasteiger partial charge in [0.1, 0.15) is 5.69 Å². The van der Waals surface area contributed by atoms with Crippen LogP contribution in [0.4, 0.5) is 5.69 Å². The van der Waals surface area contributed by atoms with Gasteiger partial charge in [0.15, 0.2) is 0 Å². The first-order valence-corrected chi connectivity index (χ1v) is 11.6. The van der Waals surface area contributed by atoms with Crippen molar-refractivity contribution in [3.63, 3.8) is 0 Å². The van der Waals surface area contributed by atoms with Crippen LogP contribution in [0.5, 0.6) is 0 Å². The van der Waals surface area contributed by atoms with E-state index in [-0.39, 0.29) is 11.2 Å². The van der Waals surface area contributed by atoms with Crippen molar-refractivity contribution in [1.82, 2.24) is 4.98 Å². The highest BCUT2D eigenvalue weighted by Crippen LogP contribution is 2.52. The molecule has 0 fully saturated rings. The molecular weight excluding hydrogens is 416 g/mol. The lowest BCUT2D eigenvalue weighted by atomic mass is 9.74. The van der Waals surface area contributed by atoms with Crippen molar-refractivity contribution in [2.24, 2.45) is 0 Å². The van der Waals surface area contributed by atoms with Crippen molar-refractivity contribution >= 4 is 22.2 Å². The number of carbonyl (C=O) groups is 1. The van der Waals surface area contributed by atoms with Crippen LogP contribution in [0, 0.1) is 6.92 Å². The van der Waals surface area contributed by atoms with Crippen LogP contribution < -0.4 is 4.90 Å². The summed E-state index contributed by atoms with van der Waals surface area (Å²) in [5.41, 5.74) is 6.55. The zero-order valence-electron chi connectivity index (χ0n) is 19.8. The predicted octanol–water partition coefficient (Wildman–Crippen LogP) is 6.82. The van der Waals surface area contributed by atoms with Crippen LogP contribution in [0.1, 0.15) is 34.1 Å². The van der Waals surface area contributed by atoms with Gasteiger partial charge >= 0.3 is 0 Å². The standard InChI is InChI=1S/C31H28N2O/c1-22-11-4-5-13-24(22)21-31(2)29(17-10-16-28(34)26-15-8-9-20-32-26)33(3)27-19-18-23-12-6-7-14-25(23)30(27)31/h4-20H,21H2,1-3H3/b16-10+,29-17-. The fourth-order valence-corrected chi connectivity index (χ4v) is 5.23. The maximum Gasteiger partial charge on any atom is 0.204 e. The monoisotopic (exact) mass is 444 g/mol. The highest BCUT2D eigenvalue weighted by atomic mass is 16.1. The molecule has 0 saturated carbocycles. The summed E-state index contributed by atoms with van der Waals surface area (Å²) in [6.45, 7) is 4.50. The van der Waals surface area contributed by atoms with Gasteiger partial charge in [-0.25, -0.2) is 0 Å². The third-order valence-electron chi connectivity index (χ3n) is 6.97. The molecule has 0 bridgehead atoms. The van der Waals surface area contributed by atoms with Gasteiger partial charge in [0, 0.05) is 30.0 Å². The molecule has 4 aromatic rings. The van der Waals surface area contributed by atoms with Gasteiger partial charge in [0.25, 0.3) is 0 Å². The Morgan fingerprint density at radius 2 is 1.74 bits per heavy atom. The molecule has 34 heavy (non-hydrogen) atoms. The molecule has 0 aliphatic carbocycles. The number of hydrogen-bond donors (Lipinski definition) is 0. The Kier molecular flexibility index (Phi) is 5.62. The van der Waals surface area contributed by atoms with Crippen molar-refractivity contribution in [2.75, 3.05) is 11.9 Å². The number of likely N-dealkylation sites (N-methyl/N-ethyl adjacent to an activating group) is 1. The highest BCUT2D eigenvalue weighted by Gasteiger charge is 2.43. The second kappa shape index (κ2) is 8.75. The number of carbonyl (C=O) groups excluding carboxylic acids is 1. The van der Waals surface area contributed by atoms with E-state index in [1.807, 2.05) is 18.2 Å². The lowest BCUT2D eigenvalue weighted by Crippen LogP contribution is -2.29. The van der Waals surface area contributed by atoms with Crippen molar-refractivity contribution in [3.8, 4) is 0 Å². The number of pyridine rings is 1. The van der Waals surface area contributed by atoms with Crippen LogP contribution in [-0.4, -0.2) is 17.8 Å². The minimum atomic E-state index is -0.255. The minimum absolute atomic E-state index is 0.0957. The number of fused-ring (bicyclic) bond motifs is 3. The second-order valence-corrected chi connectivity index (χ2v) is 9.17. The van der Waals surface area contributed by atoms with E-state index in [0.29, 0.717) is 5.69 Å². The molecule has 1 aliphatic heterocycles. The van der Waals surface area contributed by atoms with E-state index in [1.54, 1.807) is 18.3 Å². The minimum Gasteiger partial charge on any atom is -0.347 e. The van der Waals surface area contributed by atoms with Crippen LogP contribution in [0.15, 0.2) is 109 Å². The smallest absolute Gasteiger partial charge is 0.204 e. The van der Waals surface area contributed by atoms with Crippen molar-refractivity contribution in [1.29, 1.82) is 0 Å². The van der Waals surface area contributed by atoms with Gasteiger partial charge in [-0.3, -0.25) is 9.78 Å². The molecule has 1 atom stereocenters. The first kappa shape index (κ1) is 21.8. The van der Waals surface area contributed by atoms with Gasteiger partial charge in [-0.2, -0.15) is 0 Å². The molecule has 5 rings (SSSR count). The van der Waals surface area contributed by atoms with Crippen LogP contribution in [-0.2, 0) is 11.8 Å². The normalized spacial score (nSPS) is 18.7. The summed E-state index contributed by atoms with van der Waals surface area (Å²) in [6, 6.07) is 27.0. The molecule has 0 saturated heterocycles. The number of allylic oxidation sites excluding steroid dienone is 4. The van der Waals surface area contributed by atoms with E-state index < -0.39 is 0 Å². The largest absolute Gasteiger partial charge is 0.347 e. The highest BCUT2D eigenvalue weighted by molar-refractivity contribution is 6.03. The number of nitrogens with zero attached hydrogens (tertiary/aromatic N) is 2. The Labute approximate surface area is 201 Å². The lowest BCUT2D eigenvalue weighted by Gasteiger charge is -2.30. The number of aryl methyl sites for hydroxylation is 1. The van der Waals surface area contributed by atoms with Gasteiger partial charge in [0.2, 0.25) is 5.78 Å². The summed E-state index contributed by atoms with van der Waals surface area (Å²) in [4.78, 5) is 19.0. The van der Waals surface area contributed by atoms with Crippen molar-refractivity contribution in [3.05, 3.63) is 131 Å². The topological polar surface area (TPSA) is 33.2 Å². The maximum absolute atomic E-state index is 12.6. The zero-order valence-corrected chi connectivity index (χ0v) is 19.8. The third kappa shape index (κ3) is 3.73. The fourth-order valence-electron chi connectivity index (χ4n) is 5.23. The molecule has 3 aromatic carbocycles. The van der Waals surface area contributed by atoms with Crippen LogP contribution in [0.25, 0.3) is 10.8 Å². The summed E-state index contributed by atoms with van der Waals surface area (Å²) in [6.07, 6.45) is 8.09. The maximum atomic E-state index is 12.6. The Hall–Kier alpha value is -3.98. The molecule has 0 spiro atoms. The molecule has 3 heteroatoms. The van der Waals surface area contributed by atoms with Gasteiger partial charge in [-0.15, -0.1) is 0 Å². The predicted molar refractivity (Wildman–Crippen MR) is 140 cm³/mol. The molecule has 1 aromatic heterocycles. The Morgan fingerprint density at radius 1 is 0.971 bits per heavy atom. The average Bonchev–Trinajstić information content (AvgIpc) is 3.07. The molecule has 3 nitrogen and oxygen atoms in total. The van der Waals surface area contributed by atoms with Gasteiger partial charge in [-0.1, -0.05) is 66.7 Å². The number of aromatic nitrogens is 1. The van der Waals surface area contributed by atoms with Crippen LogP contribution in [0.2, 0.25) is 0 Å². The van der Waals surface area contributed by atoms with Crippen molar-refractivity contribution in [2.45, 2.75) is 25.7 Å². The van der Waals surface area contributed by atoms with E-state index in [2.05, 4.69) is 97.5 Å². The van der Waals surface area contributed by atoms with Crippen LogP contribution >= 0.6 is 0 Å². The average molecular weight is 445 g/mol. The first-order chi connectivity index (χ1) is 16.5. The lowest BCUT2D eigenvalue weighted by molar-refractivity contribution is 0.104. The molecule has 0 amide bonds. The molecule has 168 valence electrons. The number of rotatable bonds is 5. The molecule has 0 radical (unpaired) electrons. The second-order valence-electron chi connectivity index (χ2n) is 9.17. The summed E-state index contributed by atoms with van der Waals surface area (Å²) in [5, 5.41) is 2.52. The number of ketones is 1. The molecule has 0 N–H and O–H groups in total. The summed E-state index contributed by atoms with van der Waals surface area (Å²) in [7, 11) is 2.12. The van der Waals surface area contributed by atoms with E-state index in [1.165, 1.54) is 38.8 Å². The summed E-state index contributed by atoms with van der Waals surface area (Å²) < 4.78 is 0. The van der Waals surface area contributed by atoms with Gasteiger partial charge in [0.05, 0.1) is 0 Å². The summed E-state index contributed by atoms with van der Waals surface area (Å²) in [5.74, 6) is -0.0957. The Bertz CT molecular complexity index is 1430. The van der Waals surface area contributed by atoms with Gasteiger partial charge < -0.3 is 4.90 Å². The number of hydrogen-bond acceptors (Lipinski definition) is 3. The molecular formula is C31H28N2O. The quantitative estimate of drug-likeness (QED) is 0.250. The van der Waals surface area contributed by atoms with Crippen LogP contribution in [0.3, 0.4) is 0 Å². The fraction of sp³-hybridized carbons (Fsp3) is 0.161. The third-order valence-corrected chi connectivity index (χ3v) is 6.97. The first-order valence-electron chi connectivity index (χ1n) is 11.6. The molecule has 2 heterocycles. The van der Waals surface area contributed by atoms with E-state index in [9.17, 15) is 4.79 Å². The molecule has 1 unspecified atom stereocenters.